The summed E-state index contributed by atoms with van der Waals surface area (Å²) in [6, 6.07) is -0.478. The first-order valence-electron chi connectivity index (χ1n) is 6.75. The summed E-state index contributed by atoms with van der Waals surface area (Å²) in [5.41, 5.74) is 7.72. The van der Waals surface area contributed by atoms with Gasteiger partial charge in [-0.05, 0) is 47.1 Å². The minimum atomic E-state index is -0.478. The third-order valence-corrected chi connectivity index (χ3v) is 3.15. The zero-order valence-corrected chi connectivity index (χ0v) is 14.2. The van der Waals surface area contributed by atoms with Gasteiger partial charge in [0.25, 0.3) is 0 Å². The van der Waals surface area contributed by atoms with Gasteiger partial charge in [-0.15, -0.1) is 5.10 Å². The zero-order chi connectivity index (χ0) is 16.4. The van der Waals surface area contributed by atoms with Gasteiger partial charge in [-0.25, -0.2) is 0 Å². The fraction of sp³-hybridized carbons (Fsp3) is 0.571. The van der Waals surface area contributed by atoms with Crippen molar-refractivity contribution in [1.82, 2.24) is 15.5 Å². The third kappa shape index (κ3) is 4.63. The molecular weight excluding hydrogens is 286 g/mol. The van der Waals surface area contributed by atoms with Crippen LogP contribution in [0.5, 0.6) is 0 Å². The van der Waals surface area contributed by atoms with Crippen LogP contribution in [0.2, 0.25) is 0 Å². The number of carbonyl (C=O) groups excluding carboxylic acids is 1. The lowest BCUT2D eigenvalue weighted by Gasteiger charge is -2.24. The molecule has 0 fully saturated rings. The van der Waals surface area contributed by atoms with Crippen LogP contribution in [-0.4, -0.2) is 32.7 Å². The highest BCUT2D eigenvalue weighted by molar-refractivity contribution is 7.80. The number of aromatic nitrogens is 2. The number of aryl methyl sites for hydroxylation is 1. The smallest absolute Gasteiger partial charge is 0.242 e. The van der Waals surface area contributed by atoms with E-state index in [1.165, 1.54) is 0 Å². The van der Waals surface area contributed by atoms with E-state index in [2.05, 4.69) is 20.8 Å². The minimum Gasteiger partial charge on any atom is -0.389 e. The van der Waals surface area contributed by atoms with Gasteiger partial charge >= 0.3 is 0 Å². The topological polar surface area (TPSA) is 92.9 Å². The van der Waals surface area contributed by atoms with Crippen molar-refractivity contribution in [3.8, 4) is 0 Å². The molecule has 21 heavy (non-hydrogen) atoms. The van der Waals surface area contributed by atoms with Gasteiger partial charge in [-0.3, -0.25) is 4.79 Å². The second kappa shape index (κ2) is 6.34. The Labute approximate surface area is 130 Å². The molecule has 0 aliphatic carbocycles. The SMILES string of the molecule is Cc1nnc(NC(C)C(=O)NC(C)(C)C)c(C(N)=S)c1C. The lowest BCUT2D eigenvalue weighted by Crippen LogP contribution is -2.47. The molecule has 6 nitrogen and oxygen atoms in total. The summed E-state index contributed by atoms with van der Waals surface area (Å²) in [6.45, 7) is 11.2. The van der Waals surface area contributed by atoms with Crippen LogP contribution >= 0.6 is 12.2 Å². The highest BCUT2D eigenvalue weighted by Crippen LogP contribution is 2.19. The molecule has 0 spiro atoms. The van der Waals surface area contributed by atoms with Gasteiger partial charge in [0, 0.05) is 5.54 Å². The number of nitrogens with one attached hydrogen (secondary N) is 2. The Morgan fingerprint density at radius 3 is 2.33 bits per heavy atom. The van der Waals surface area contributed by atoms with Gasteiger partial charge < -0.3 is 16.4 Å². The van der Waals surface area contributed by atoms with Crippen LogP contribution < -0.4 is 16.4 Å². The Kier molecular flexibility index (Phi) is 5.22. The second-order valence-corrected chi connectivity index (χ2v) is 6.54. The molecule has 0 radical (unpaired) electrons. The lowest BCUT2D eigenvalue weighted by atomic mass is 10.1. The van der Waals surface area contributed by atoms with Gasteiger partial charge in [0.2, 0.25) is 5.91 Å². The molecule has 1 unspecified atom stereocenters. The monoisotopic (exact) mass is 309 g/mol. The summed E-state index contributed by atoms with van der Waals surface area (Å²) in [5, 5.41) is 14.0. The van der Waals surface area contributed by atoms with Crippen LogP contribution in [0.3, 0.4) is 0 Å². The van der Waals surface area contributed by atoms with Gasteiger partial charge in [0.1, 0.15) is 11.0 Å². The van der Waals surface area contributed by atoms with Crippen LogP contribution in [-0.2, 0) is 4.79 Å². The summed E-state index contributed by atoms with van der Waals surface area (Å²) < 4.78 is 0. The number of hydrogen-bond acceptors (Lipinski definition) is 5. The first-order chi connectivity index (χ1) is 9.53. The molecule has 0 bridgehead atoms. The van der Waals surface area contributed by atoms with Crippen LogP contribution in [0.4, 0.5) is 5.82 Å². The van der Waals surface area contributed by atoms with E-state index in [0.29, 0.717) is 11.4 Å². The largest absolute Gasteiger partial charge is 0.389 e. The van der Waals surface area contributed by atoms with Crippen molar-refractivity contribution in [3.63, 3.8) is 0 Å². The lowest BCUT2D eigenvalue weighted by molar-refractivity contribution is -0.122. The van der Waals surface area contributed by atoms with Crippen molar-refractivity contribution in [3.05, 3.63) is 16.8 Å². The average molecular weight is 309 g/mol. The number of nitrogens with zero attached hydrogens (tertiary/aromatic N) is 2. The predicted molar refractivity (Wildman–Crippen MR) is 88.4 cm³/mol. The molecule has 116 valence electrons. The number of anilines is 1. The molecule has 0 saturated heterocycles. The zero-order valence-electron chi connectivity index (χ0n) is 13.4. The van der Waals surface area contributed by atoms with E-state index in [1.54, 1.807) is 6.92 Å². The van der Waals surface area contributed by atoms with Crippen LogP contribution in [0, 0.1) is 13.8 Å². The fourth-order valence-electron chi connectivity index (χ4n) is 1.76. The second-order valence-electron chi connectivity index (χ2n) is 6.10. The molecule has 0 aliphatic rings. The summed E-state index contributed by atoms with van der Waals surface area (Å²) in [6.07, 6.45) is 0. The number of amides is 1. The molecule has 0 aliphatic heterocycles. The molecule has 7 heteroatoms. The van der Waals surface area contributed by atoms with Crippen LogP contribution in [0.25, 0.3) is 0 Å². The van der Waals surface area contributed by atoms with E-state index >= 15 is 0 Å². The molecule has 1 aromatic heterocycles. The summed E-state index contributed by atoms with van der Waals surface area (Å²) in [4.78, 5) is 12.3. The summed E-state index contributed by atoms with van der Waals surface area (Å²) in [7, 11) is 0. The first kappa shape index (κ1) is 17.3. The number of thiocarbonyl (C=S) groups is 1. The molecular formula is C14H23N5OS. The van der Waals surface area contributed by atoms with E-state index in [4.69, 9.17) is 18.0 Å². The van der Waals surface area contributed by atoms with Crippen molar-refractivity contribution in [2.75, 3.05) is 5.32 Å². The number of hydrogen-bond donors (Lipinski definition) is 3. The van der Waals surface area contributed by atoms with E-state index in [0.717, 1.165) is 11.3 Å². The summed E-state index contributed by atoms with van der Waals surface area (Å²) in [5.74, 6) is 0.304. The Hall–Kier alpha value is -1.76. The van der Waals surface area contributed by atoms with Gasteiger partial charge in [0.15, 0.2) is 5.82 Å². The number of rotatable bonds is 4. The van der Waals surface area contributed by atoms with Crippen LogP contribution in [0.1, 0.15) is 44.5 Å². The highest BCUT2D eigenvalue weighted by atomic mass is 32.1. The maximum Gasteiger partial charge on any atom is 0.242 e. The van der Waals surface area contributed by atoms with Gasteiger partial charge in [-0.1, -0.05) is 12.2 Å². The quantitative estimate of drug-likeness (QED) is 0.729. The van der Waals surface area contributed by atoms with E-state index < -0.39 is 6.04 Å². The maximum absolute atomic E-state index is 12.1. The molecule has 1 amide bonds. The van der Waals surface area contributed by atoms with E-state index in [9.17, 15) is 4.79 Å². The Bertz CT molecular complexity index is 565. The van der Waals surface area contributed by atoms with Gasteiger partial charge in [-0.2, -0.15) is 5.10 Å². The van der Waals surface area contributed by atoms with Crippen molar-refractivity contribution in [1.29, 1.82) is 0 Å². The van der Waals surface area contributed by atoms with Crippen molar-refractivity contribution < 1.29 is 4.79 Å². The predicted octanol–water partition coefficient (Wildman–Crippen LogP) is 1.44. The minimum absolute atomic E-state index is 0.128. The average Bonchev–Trinajstić information content (AvgIpc) is 2.31. The van der Waals surface area contributed by atoms with E-state index in [-0.39, 0.29) is 16.4 Å². The number of carbonyl (C=O) groups is 1. The molecule has 1 heterocycles. The molecule has 4 N–H and O–H groups in total. The van der Waals surface area contributed by atoms with Crippen LogP contribution in [0.15, 0.2) is 0 Å². The number of nitrogens with two attached hydrogens (primary N) is 1. The normalized spacial score (nSPS) is 12.7. The molecule has 1 aromatic rings. The Morgan fingerprint density at radius 2 is 1.86 bits per heavy atom. The van der Waals surface area contributed by atoms with E-state index in [1.807, 2.05) is 34.6 Å². The van der Waals surface area contributed by atoms with Crippen molar-refractivity contribution in [2.24, 2.45) is 5.73 Å². The first-order valence-corrected chi connectivity index (χ1v) is 7.16. The Balaban J connectivity index is 3.01. The highest BCUT2D eigenvalue weighted by Gasteiger charge is 2.22. The molecule has 0 aromatic carbocycles. The van der Waals surface area contributed by atoms with Gasteiger partial charge in [0.05, 0.1) is 11.3 Å². The standard InChI is InChI=1S/C14H23N5OS/c1-7-8(2)18-19-12(10(7)11(15)21)16-9(3)13(20)17-14(4,5)6/h9H,1-6H3,(H2,15,21)(H,16,19)(H,17,20). The fourth-order valence-corrected chi connectivity index (χ4v) is 2.01. The molecule has 0 saturated carbocycles. The third-order valence-electron chi connectivity index (χ3n) is 2.95. The van der Waals surface area contributed by atoms with Crippen molar-refractivity contribution >= 4 is 28.9 Å². The molecule has 1 atom stereocenters. The van der Waals surface area contributed by atoms with Crippen molar-refractivity contribution in [2.45, 2.75) is 53.1 Å². The maximum atomic E-state index is 12.1. The summed E-state index contributed by atoms with van der Waals surface area (Å²) >= 11 is 5.07. The Morgan fingerprint density at radius 1 is 1.29 bits per heavy atom. The molecule has 1 rings (SSSR count).